The van der Waals surface area contributed by atoms with Gasteiger partial charge in [-0.05, 0) is 56.7 Å². The van der Waals surface area contributed by atoms with E-state index >= 15 is 0 Å². The maximum atomic E-state index is 14.6. The van der Waals surface area contributed by atoms with Gasteiger partial charge in [-0.2, -0.15) is 0 Å². The molecule has 1 heterocycles. The van der Waals surface area contributed by atoms with E-state index in [-0.39, 0.29) is 18.0 Å². The Hall–Kier alpha value is -3.41. The number of rotatable bonds is 6. The monoisotopic (exact) mass is 394 g/mol. The lowest BCUT2D eigenvalue weighted by Gasteiger charge is -2.16. The Morgan fingerprint density at radius 2 is 1.90 bits per heavy atom. The molecule has 1 atom stereocenters. The minimum Gasteiger partial charge on any atom is -0.493 e. The number of para-hydroxylation sites is 1. The van der Waals surface area contributed by atoms with Gasteiger partial charge >= 0.3 is 0 Å². The molecule has 29 heavy (non-hydrogen) atoms. The van der Waals surface area contributed by atoms with E-state index in [1.807, 2.05) is 31.2 Å². The summed E-state index contributed by atoms with van der Waals surface area (Å²) >= 11 is 0. The van der Waals surface area contributed by atoms with Crippen molar-refractivity contribution >= 4 is 5.91 Å². The number of carbonyl (C=O) groups excluding carboxylic acids is 1. The van der Waals surface area contributed by atoms with E-state index in [0.29, 0.717) is 22.6 Å². The third kappa shape index (κ3) is 4.90. The van der Waals surface area contributed by atoms with Gasteiger partial charge in [0.05, 0.1) is 0 Å². The van der Waals surface area contributed by atoms with Crippen LogP contribution < -0.4 is 10.1 Å². The first kappa shape index (κ1) is 20.3. The van der Waals surface area contributed by atoms with Crippen molar-refractivity contribution in [2.24, 2.45) is 0 Å². The summed E-state index contributed by atoms with van der Waals surface area (Å²) in [7, 11) is 0. The number of pyridine rings is 1. The van der Waals surface area contributed by atoms with E-state index < -0.39 is 17.8 Å². The molecule has 0 saturated heterocycles. The lowest BCUT2D eigenvalue weighted by Crippen LogP contribution is -2.24. The largest absolute Gasteiger partial charge is 0.493 e. The fourth-order valence-corrected chi connectivity index (χ4v) is 3.10. The highest BCUT2D eigenvalue weighted by molar-refractivity contribution is 5.94. The van der Waals surface area contributed by atoms with Crippen molar-refractivity contribution in [3.63, 3.8) is 0 Å². The number of carbonyl (C=O) groups is 1. The summed E-state index contributed by atoms with van der Waals surface area (Å²) in [6.45, 7) is 5.46. The third-order valence-electron chi connectivity index (χ3n) is 4.64. The number of halogens is 1. The van der Waals surface area contributed by atoms with E-state index in [0.717, 1.165) is 5.56 Å². The smallest absolute Gasteiger partial charge is 0.251 e. The van der Waals surface area contributed by atoms with Crippen LogP contribution in [-0.4, -0.2) is 16.0 Å². The van der Waals surface area contributed by atoms with E-state index in [1.165, 1.54) is 6.07 Å². The molecular weight excluding hydrogens is 371 g/mol. The van der Waals surface area contributed by atoms with E-state index in [2.05, 4.69) is 10.3 Å². The zero-order valence-electron chi connectivity index (χ0n) is 16.6. The third-order valence-corrected chi connectivity index (χ3v) is 4.64. The van der Waals surface area contributed by atoms with Crippen LogP contribution in [0.4, 0.5) is 4.39 Å². The van der Waals surface area contributed by atoms with Crippen LogP contribution in [0.3, 0.4) is 0 Å². The predicted octanol–water partition coefficient (Wildman–Crippen LogP) is 4.61. The molecule has 0 unspecified atom stereocenters. The summed E-state index contributed by atoms with van der Waals surface area (Å²) in [5, 5.41) is 12.7. The number of aryl methyl sites for hydroxylation is 2. The van der Waals surface area contributed by atoms with Gasteiger partial charge < -0.3 is 15.2 Å². The highest BCUT2D eigenvalue weighted by atomic mass is 19.1. The molecule has 3 aromatic rings. The summed E-state index contributed by atoms with van der Waals surface area (Å²) in [4.78, 5) is 16.4. The number of benzene rings is 2. The molecule has 0 saturated carbocycles. The van der Waals surface area contributed by atoms with Gasteiger partial charge in [-0.25, -0.2) is 9.37 Å². The van der Waals surface area contributed by atoms with Crippen molar-refractivity contribution < 1.29 is 19.0 Å². The molecule has 0 aliphatic carbocycles. The molecule has 3 rings (SSSR count). The Bertz CT molecular complexity index is 999. The minimum atomic E-state index is -0.517. The summed E-state index contributed by atoms with van der Waals surface area (Å²) in [5.74, 6) is -0.428. The van der Waals surface area contributed by atoms with Crippen molar-refractivity contribution in [1.29, 1.82) is 0 Å². The number of ether oxygens (including phenoxy) is 1. The molecule has 0 spiro atoms. The van der Waals surface area contributed by atoms with Crippen LogP contribution in [-0.2, 0) is 6.54 Å². The summed E-state index contributed by atoms with van der Waals surface area (Å²) in [6.07, 6.45) is -0.507. The van der Waals surface area contributed by atoms with Crippen molar-refractivity contribution in [1.82, 2.24) is 10.3 Å². The highest BCUT2D eigenvalue weighted by Crippen LogP contribution is 2.24. The van der Waals surface area contributed by atoms with Gasteiger partial charge in [0, 0.05) is 28.9 Å². The van der Waals surface area contributed by atoms with E-state index in [1.54, 1.807) is 38.1 Å². The number of amides is 1. The number of aromatic nitrogens is 1. The minimum absolute atomic E-state index is 0.0979. The molecule has 150 valence electrons. The number of hydrogen-bond acceptors (Lipinski definition) is 4. The molecule has 0 aliphatic heterocycles. The second kappa shape index (κ2) is 8.73. The first-order chi connectivity index (χ1) is 13.8. The molecule has 1 aromatic heterocycles. The second-order valence-corrected chi connectivity index (χ2v) is 6.87. The molecule has 0 fully saturated rings. The first-order valence-electron chi connectivity index (χ1n) is 9.30. The van der Waals surface area contributed by atoms with Gasteiger partial charge in [-0.1, -0.05) is 24.3 Å². The van der Waals surface area contributed by atoms with Crippen molar-refractivity contribution in [2.45, 2.75) is 33.4 Å². The lowest BCUT2D eigenvalue weighted by molar-refractivity contribution is 0.0950. The zero-order valence-corrected chi connectivity index (χ0v) is 16.6. The molecule has 6 heteroatoms. The second-order valence-electron chi connectivity index (χ2n) is 6.87. The predicted molar refractivity (Wildman–Crippen MR) is 108 cm³/mol. The topological polar surface area (TPSA) is 71.5 Å². The van der Waals surface area contributed by atoms with E-state index in [4.69, 9.17) is 4.74 Å². The van der Waals surface area contributed by atoms with Crippen LogP contribution in [0, 0.1) is 19.7 Å². The molecule has 1 amide bonds. The van der Waals surface area contributed by atoms with Crippen LogP contribution in [0.15, 0.2) is 54.6 Å². The van der Waals surface area contributed by atoms with Crippen molar-refractivity contribution in [3.8, 4) is 11.6 Å². The van der Waals surface area contributed by atoms with Gasteiger partial charge in [-0.3, -0.25) is 4.79 Å². The quantitative estimate of drug-likeness (QED) is 0.640. The molecule has 0 radical (unpaired) electrons. The van der Waals surface area contributed by atoms with Gasteiger partial charge in [0.25, 0.3) is 5.91 Å². The van der Waals surface area contributed by atoms with Gasteiger partial charge in [0.1, 0.15) is 17.7 Å². The number of nitrogens with zero attached hydrogens (tertiary/aromatic N) is 1. The van der Waals surface area contributed by atoms with Gasteiger partial charge in [-0.15, -0.1) is 0 Å². The standard InChI is InChI=1S/C23H23FN2O3/c1-14-11-15(2)26-23(28)20(14)13-25-22(27)17-9-10-19(21(24)12-17)16(3)29-18-7-5-4-6-8-18/h4-12,16H,13H2,1-3H3,(H,25,27)(H,26,28)/t16-/m0/s1. The normalized spacial score (nSPS) is 11.7. The van der Waals surface area contributed by atoms with Crippen molar-refractivity contribution in [2.75, 3.05) is 0 Å². The highest BCUT2D eigenvalue weighted by Gasteiger charge is 2.16. The van der Waals surface area contributed by atoms with Crippen LogP contribution in [0.1, 0.15) is 45.8 Å². The first-order valence-corrected chi connectivity index (χ1v) is 9.30. The zero-order chi connectivity index (χ0) is 21.0. The average molecular weight is 394 g/mol. The molecular formula is C23H23FN2O3. The maximum absolute atomic E-state index is 14.6. The SMILES string of the molecule is Cc1cc(C)c(CNC(=O)c2ccc([C@H](C)Oc3ccccc3)c(F)c2)c(O)n1. The molecule has 2 aromatic carbocycles. The molecule has 0 bridgehead atoms. The fraction of sp³-hybridized carbons (Fsp3) is 0.217. The summed E-state index contributed by atoms with van der Waals surface area (Å²) < 4.78 is 20.3. The van der Waals surface area contributed by atoms with E-state index in [9.17, 15) is 14.3 Å². The van der Waals surface area contributed by atoms with Gasteiger partial charge in [0.15, 0.2) is 0 Å². The van der Waals surface area contributed by atoms with Crippen LogP contribution in [0.25, 0.3) is 0 Å². The molecule has 5 nitrogen and oxygen atoms in total. The number of aromatic hydroxyl groups is 1. The Morgan fingerprint density at radius 3 is 2.55 bits per heavy atom. The molecule has 2 N–H and O–H groups in total. The van der Waals surface area contributed by atoms with Crippen molar-refractivity contribution in [3.05, 3.63) is 88.4 Å². The Morgan fingerprint density at radius 1 is 1.17 bits per heavy atom. The van der Waals surface area contributed by atoms with Crippen LogP contribution >= 0.6 is 0 Å². The summed E-state index contributed by atoms with van der Waals surface area (Å²) in [5.41, 5.74) is 2.60. The molecule has 0 aliphatic rings. The Balaban J connectivity index is 1.68. The Kier molecular flexibility index (Phi) is 6.12. The lowest BCUT2D eigenvalue weighted by atomic mass is 10.1. The Labute approximate surface area is 169 Å². The number of hydrogen-bond donors (Lipinski definition) is 2. The van der Waals surface area contributed by atoms with Crippen LogP contribution in [0.2, 0.25) is 0 Å². The number of nitrogens with one attached hydrogen (secondary N) is 1. The fourth-order valence-electron chi connectivity index (χ4n) is 3.10. The van der Waals surface area contributed by atoms with Gasteiger partial charge in [0.2, 0.25) is 5.88 Å². The summed E-state index contributed by atoms with van der Waals surface area (Å²) in [6, 6.07) is 15.3. The average Bonchev–Trinajstić information content (AvgIpc) is 2.67. The maximum Gasteiger partial charge on any atom is 0.251 e. The van der Waals surface area contributed by atoms with Crippen LogP contribution in [0.5, 0.6) is 11.6 Å².